The van der Waals surface area contributed by atoms with Crippen molar-refractivity contribution in [2.24, 2.45) is 5.92 Å². The van der Waals surface area contributed by atoms with E-state index in [0.29, 0.717) is 18.7 Å². The van der Waals surface area contributed by atoms with Gasteiger partial charge in [-0.1, -0.05) is 18.2 Å². The second kappa shape index (κ2) is 6.90. The van der Waals surface area contributed by atoms with Gasteiger partial charge in [0, 0.05) is 43.1 Å². The van der Waals surface area contributed by atoms with Crippen LogP contribution in [0.25, 0.3) is 0 Å². The summed E-state index contributed by atoms with van der Waals surface area (Å²) in [6.07, 6.45) is 5.62. The van der Waals surface area contributed by atoms with E-state index in [1.165, 1.54) is 5.56 Å². The number of carbonyl (C=O) groups is 2. The van der Waals surface area contributed by atoms with E-state index in [1.54, 1.807) is 24.5 Å². The minimum atomic E-state index is -0.0124. The first-order valence-corrected chi connectivity index (χ1v) is 9.25. The van der Waals surface area contributed by atoms with E-state index in [9.17, 15) is 9.59 Å². The van der Waals surface area contributed by atoms with E-state index >= 15 is 0 Å². The van der Waals surface area contributed by atoms with Gasteiger partial charge < -0.3 is 9.80 Å². The van der Waals surface area contributed by atoms with Crippen LogP contribution in [-0.4, -0.2) is 40.8 Å². The summed E-state index contributed by atoms with van der Waals surface area (Å²) >= 11 is 0. The number of benzene rings is 1. The molecule has 1 aromatic carbocycles. The van der Waals surface area contributed by atoms with Crippen LogP contribution < -0.4 is 4.90 Å². The molecule has 0 bridgehead atoms. The lowest BCUT2D eigenvalue weighted by Crippen LogP contribution is -2.46. The smallest absolute Gasteiger partial charge is 0.255 e. The van der Waals surface area contributed by atoms with Crippen LogP contribution in [0.15, 0.2) is 48.8 Å². The number of anilines is 1. The zero-order chi connectivity index (χ0) is 18.1. The molecule has 2 amide bonds. The van der Waals surface area contributed by atoms with Crippen molar-refractivity contribution in [1.82, 2.24) is 9.88 Å². The highest BCUT2D eigenvalue weighted by atomic mass is 16.2. The molecule has 5 nitrogen and oxygen atoms in total. The predicted octanol–water partition coefficient (Wildman–Crippen LogP) is 2.91. The number of piperidine rings is 1. The number of carbonyl (C=O) groups excluding carboxylic acids is 2. The van der Waals surface area contributed by atoms with Gasteiger partial charge in [-0.25, -0.2) is 0 Å². The van der Waals surface area contributed by atoms with Crippen molar-refractivity contribution in [2.75, 3.05) is 18.0 Å². The first kappa shape index (κ1) is 16.8. The van der Waals surface area contributed by atoms with Crippen LogP contribution in [0.5, 0.6) is 0 Å². The molecule has 26 heavy (non-hydrogen) atoms. The fraction of sp³-hybridized carbons (Fsp3) is 0.381. The maximum atomic E-state index is 13.1. The number of likely N-dealkylation sites (tertiary alicyclic amines) is 1. The van der Waals surface area contributed by atoms with Crippen molar-refractivity contribution in [3.05, 3.63) is 59.9 Å². The molecule has 3 heterocycles. The standard InChI is InChI=1S/C21H23N3O2/c1-15-13-17-5-2-3-7-19(17)24(15)21(26)16-8-11-23(12-9-16)20(25)18-6-4-10-22-14-18/h2-7,10,14-16H,8-9,11-13H2,1H3. The first-order chi connectivity index (χ1) is 12.6. The minimum Gasteiger partial charge on any atom is -0.339 e. The highest BCUT2D eigenvalue weighted by molar-refractivity contribution is 5.98. The Morgan fingerprint density at radius 2 is 1.85 bits per heavy atom. The molecule has 5 heteroatoms. The molecule has 1 saturated heterocycles. The number of rotatable bonds is 2. The SMILES string of the molecule is CC1Cc2ccccc2N1C(=O)C1CCN(C(=O)c2cccnc2)CC1. The fourth-order valence-electron chi connectivity index (χ4n) is 4.10. The highest BCUT2D eigenvalue weighted by Crippen LogP contribution is 2.34. The fourth-order valence-corrected chi connectivity index (χ4v) is 4.10. The summed E-state index contributed by atoms with van der Waals surface area (Å²) in [6.45, 7) is 3.35. The quantitative estimate of drug-likeness (QED) is 0.838. The molecule has 1 fully saturated rings. The van der Waals surface area contributed by atoms with Crippen LogP contribution >= 0.6 is 0 Å². The van der Waals surface area contributed by atoms with E-state index < -0.39 is 0 Å². The molecule has 1 aromatic heterocycles. The summed E-state index contributed by atoms with van der Waals surface area (Å²) in [7, 11) is 0. The van der Waals surface area contributed by atoms with Crippen LogP contribution in [0.2, 0.25) is 0 Å². The number of amides is 2. The Labute approximate surface area is 153 Å². The first-order valence-electron chi connectivity index (χ1n) is 9.25. The van der Waals surface area contributed by atoms with Crippen LogP contribution in [0.1, 0.15) is 35.7 Å². The number of hydrogen-bond acceptors (Lipinski definition) is 3. The van der Waals surface area contributed by atoms with Crippen LogP contribution in [-0.2, 0) is 11.2 Å². The lowest BCUT2D eigenvalue weighted by molar-refractivity contribution is -0.124. The average molecular weight is 349 g/mol. The maximum Gasteiger partial charge on any atom is 0.255 e. The van der Waals surface area contributed by atoms with Crippen molar-refractivity contribution < 1.29 is 9.59 Å². The van der Waals surface area contributed by atoms with Gasteiger partial charge in [-0.05, 0) is 49.9 Å². The van der Waals surface area contributed by atoms with Gasteiger partial charge in [-0.2, -0.15) is 0 Å². The summed E-state index contributed by atoms with van der Waals surface area (Å²) in [6, 6.07) is 11.9. The molecule has 0 radical (unpaired) electrons. The Balaban J connectivity index is 1.42. The molecule has 0 spiro atoms. The van der Waals surface area contributed by atoms with Gasteiger partial charge in [0.05, 0.1) is 5.56 Å². The van der Waals surface area contributed by atoms with Crippen molar-refractivity contribution in [3.63, 3.8) is 0 Å². The Morgan fingerprint density at radius 3 is 2.58 bits per heavy atom. The van der Waals surface area contributed by atoms with Gasteiger partial charge in [-0.15, -0.1) is 0 Å². The molecule has 0 N–H and O–H groups in total. The molecule has 1 atom stereocenters. The maximum absolute atomic E-state index is 13.1. The van der Waals surface area contributed by atoms with Crippen LogP contribution in [0.4, 0.5) is 5.69 Å². The van der Waals surface area contributed by atoms with Gasteiger partial charge in [0.25, 0.3) is 5.91 Å². The van der Waals surface area contributed by atoms with Gasteiger partial charge in [0.2, 0.25) is 5.91 Å². The molecular weight excluding hydrogens is 326 g/mol. The van der Waals surface area contributed by atoms with E-state index in [-0.39, 0.29) is 23.8 Å². The van der Waals surface area contributed by atoms with Crippen molar-refractivity contribution >= 4 is 17.5 Å². The molecule has 2 aliphatic heterocycles. The second-order valence-corrected chi connectivity index (χ2v) is 7.20. The molecule has 1 unspecified atom stereocenters. The van der Waals surface area contributed by atoms with E-state index in [2.05, 4.69) is 18.0 Å². The zero-order valence-electron chi connectivity index (χ0n) is 15.0. The Hall–Kier alpha value is -2.69. The third-order valence-corrected chi connectivity index (χ3v) is 5.48. The number of nitrogens with zero attached hydrogens (tertiary/aromatic N) is 3. The number of aromatic nitrogens is 1. The third-order valence-electron chi connectivity index (χ3n) is 5.48. The van der Waals surface area contributed by atoms with Gasteiger partial charge in [0.1, 0.15) is 0 Å². The predicted molar refractivity (Wildman–Crippen MR) is 100.0 cm³/mol. The number of para-hydroxylation sites is 1. The summed E-state index contributed by atoms with van der Waals surface area (Å²) in [4.78, 5) is 33.5. The number of fused-ring (bicyclic) bond motifs is 1. The summed E-state index contributed by atoms with van der Waals surface area (Å²) in [5, 5.41) is 0. The normalized spacial score (nSPS) is 20.1. The molecule has 0 aliphatic carbocycles. The molecule has 134 valence electrons. The molecule has 0 saturated carbocycles. The van der Waals surface area contributed by atoms with E-state index in [0.717, 1.165) is 24.9 Å². The minimum absolute atomic E-state index is 0.00360. The Bertz CT molecular complexity index is 813. The zero-order valence-corrected chi connectivity index (χ0v) is 15.0. The highest BCUT2D eigenvalue weighted by Gasteiger charge is 2.36. The van der Waals surface area contributed by atoms with Crippen LogP contribution in [0.3, 0.4) is 0 Å². The number of hydrogen-bond donors (Lipinski definition) is 0. The van der Waals surface area contributed by atoms with Crippen LogP contribution in [0, 0.1) is 5.92 Å². The lowest BCUT2D eigenvalue weighted by atomic mass is 9.94. The second-order valence-electron chi connectivity index (χ2n) is 7.20. The average Bonchev–Trinajstić information content (AvgIpc) is 3.03. The molecule has 2 aliphatic rings. The van der Waals surface area contributed by atoms with E-state index in [1.807, 2.05) is 28.0 Å². The topological polar surface area (TPSA) is 53.5 Å². The molecule has 4 rings (SSSR count). The Kier molecular flexibility index (Phi) is 4.45. The monoisotopic (exact) mass is 349 g/mol. The Morgan fingerprint density at radius 1 is 1.08 bits per heavy atom. The van der Waals surface area contributed by atoms with Gasteiger partial charge in [-0.3, -0.25) is 14.6 Å². The molecule has 2 aromatic rings. The lowest BCUT2D eigenvalue weighted by Gasteiger charge is -2.34. The summed E-state index contributed by atoms with van der Waals surface area (Å²) < 4.78 is 0. The van der Waals surface area contributed by atoms with Crippen molar-refractivity contribution in [3.8, 4) is 0 Å². The third kappa shape index (κ3) is 2.98. The molecular formula is C21H23N3O2. The number of pyridine rings is 1. The largest absolute Gasteiger partial charge is 0.339 e. The summed E-state index contributed by atoms with van der Waals surface area (Å²) in [5.74, 6) is 0.196. The summed E-state index contributed by atoms with van der Waals surface area (Å²) in [5.41, 5.74) is 2.91. The van der Waals surface area contributed by atoms with E-state index in [4.69, 9.17) is 0 Å². The van der Waals surface area contributed by atoms with Crippen molar-refractivity contribution in [2.45, 2.75) is 32.2 Å². The van der Waals surface area contributed by atoms with Crippen molar-refractivity contribution in [1.29, 1.82) is 0 Å². The van der Waals surface area contributed by atoms with Gasteiger partial charge >= 0.3 is 0 Å². The van der Waals surface area contributed by atoms with Gasteiger partial charge in [0.15, 0.2) is 0 Å².